The van der Waals surface area contributed by atoms with Gasteiger partial charge in [0.2, 0.25) is 0 Å². The third-order valence-corrected chi connectivity index (χ3v) is 4.10. The van der Waals surface area contributed by atoms with Gasteiger partial charge in [0.05, 0.1) is 4.47 Å². The number of nitrogens with zero attached hydrogens (tertiary/aromatic N) is 2. The molecule has 2 N–H and O–H groups in total. The van der Waals surface area contributed by atoms with Crippen LogP contribution >= 0.6 is 15.9 Å². The molecule has 2 rings (SSSR count). The molecule has 1 aliphatic heterocycles. The molecule has 1 aromatic heterocycles. The molecule has 0 radical (unpaired) electrons. The van der Waals surface area contributed by atoms with Crippen LogP contribution in [0.25, 0.3) is 0 Å². The van der Waals surface area contributed by atoms with E-state index >= 15 is 0 Å². The number of aromatic nitrogens is 2. The zero-order valence-electron chi connectivity index (χ0n) is 12.7. The van der Waals surface area contributed by atoms with E-state index in [2.05, 4.69) is 59.4 Å². The van der Waals surface area contributed by atoms with E-state index < -0.39 is 0 Å². The number of halogens is 1. The lowest BCUT2D eigenvalue weighted by Gasteiger charge is -2.46. The predicted molar refractivity (Wildman–Crippen MR) is 82.7 cm³/mol. The van der Waals surface area contributed by atoms with Crippen molar-refractivity contribution in [3.8, 4) is 0 Å². The first-order valence-electron chi connectivity index (χ1n) is 6.87. The summed E-state index contributed by atoms with van der Waals surface area (Å²) >= 11 is 3.37. The summed E-state index contributed by atoms with van der Waals surface area (Å²) in [4.78, 5) is 12.3. The molecule has 1 aromatic rings. The molecule has 0 aliphatic carbocycles. The summed E-state index contributed by atoms with van der Waals surface area (Å²) in [5.41, 5.74) is 0.476. The molecule has 0 aromatic carbocycles. The van der Waals surface area contributed by atoms with Crippen LogP contribution in [-0.4, -0.2) is 32.8 Å². The molecule has 1 amide bonds. The molecular weight excluding hydrogens is 320 g/mol. The zero-order chi connectivity index (χ0) is 15.1. The SMILES string of the molecule is Cn1cc(Br)c(C(=O)NC2CC(C)(C)NC(C)(C)C2)n1. The summed E-state index contributed by atoms with van der Waals surface area (Å²) in [6.45, 7) is 8.68. The number of hydrogen-bond donors (Lipinski definition) is 2. The lowest BCUT2D eigenvalue weighted by molar-refractivity contribution is 0.0867. The Labute approximate surface area is 128 Å². The Balaban J connectivity index is 2.09. The fraction of sp³-hybridized carbons (Fsp3) is 0.714. The summed E-state index contributed by atoms with van der Waals surface area (Å²) < 4.78 is 2.36. The number of amides is 1. The number of carbonyl (C=O) groups is 1. The van der Waals surface area contributed by atoms with Gasteiger partial charge in [0.15, 0.2) is 5.69 Å². The van der Waals surface area contributed by atoms with Crippen molar-refractivity contribution in [1.82, 2.24) is 20.4 Å². The van der Waals surface area contributed by atoms with E-state index in [1.54, 1.807) is 17.9 Å². The van der Waals surface area contributed by atoms with Crippen molar-refractivity contribution in [1.29, 1.82) is 0 Å². The summed E-state index contributed by atoms with van der Waals surface area (Å²) in [5.74, 6) is -0.115. The highest BCUT2D eigenvalue weighted by atomic mass is 79.9. The van der Waals surface area contributed by atoms with Gasteiger partial charge in [-0.05, 0) is 56.5 Å². The minimum absolute atomic E-state index is 0.0149. The van der Waals surface area contributed by atoms with Crippen molar-refractivity contribution in [3.05, 3.63) is 16.4 Å². The summed E-state index contributed by atoms with van der Waals surface area (Å²) in [6.07, 6.45) is 3.60. The Hall–Kier alpha value is -0.880. The van der Waals surface area contributed by atoms with Crippen molar-refractivity contribution in [3.63, 3.8) is 0 Å². The predicted octanol–water partition coefficient (Wildman–Crippen LogP) is 2.22. The maximum absolute atomic E-state index is 12.3. The van der Waals surface area contributed by atoms with Gasteiger partial charge in [-0.25, -0.2) is 0 Å². The van der Waals surface area contributed by atoms with Crippen LogP contribution in [0.15, 0.2) is 10.7 Å². The van der Waals surface area contributed by atoms with Gasteiger partial charge in [0, 0.05) is 30.4 Å². The molecule has 5 nitrogen and oxygen atoms in total. The number of piperidine rings is 1. The first-order chi connectivity index (χ1) is 9.08. The van der Waals surface area contributed by atoms with Crippen molar-refractivity contribution in [2.24, 2.45) is 7.05 Å². The molecule has 2 heterocycles. The summed E-state index contributed by atoms with van der Waals surface area (Å²) in [7, 11) is 1.80. The normalized spacial score (nSPS) is 21.7. The van der Waals surface area contributed by atoms with E-state index in [4.69, 9.17) is 0 Å². The van der Waals surface area contributed by atoms with Gasteiger partial charge in [-0.2, -0.15) is 5.10 Å². The molecule has 1 fully saturated rings. The molecule has 0 spiro atoms. The molecule has 0 bridgehead atoms. The average molecular weight is 343 g/mol. The van der Waals surface area contributed by atoms with E-state index in [0.29, 0.717) is 5.69 Å². The van der Waals surface area contributed by atoms with Crippen LogP contribution in [0.3, 0.4) is 0 Å². The first-order valence-corrected chi connectivity index (χ1v) is 7.67. The minimum Gasteiger partial charge on any atom is -0.348 e. The molecule has 112 valence electrons. The van der Waals surface area contributed by atoms with Gasteiger partial charge >= 0.3 is 0 Å². The topological polar surface area (TPSA) is 59.0 Å². The molecule has 0 saturated carbocycles. The van der Waals surface area contributed by atoms with Gasteiger partial charge in [-0.3, -0.25) is 9.48 Å². The first kappa shape index (κ1) is 15.5. The summed E-state index contributed by atoms with van der Waals surface area (Å²) in [5, 5.41) is 10.9. The quantitative estimate of drug-likeness (QED) is 0.866. The van der Waals surface area contributed by atoms with E-state index in [1.807, 2.05) is 0 Å². The van der Waals surface area contributed by atoms with Crippen LogP contribution in [0.1, 0.15) is 51.0 Å². The Kier molecular flexibility index (Phi) is 3.99. The lowest BCUT2D eigenvalue weighted by atomic mass is 9.79. The largest absolute Gasteiger partial charge is 0.348 e. The van der Waals surface area contributed by atoms with Gasteiger partial charge in [0.1, 0.15) is 0 Å². The van der Waals surface area contributed by atoms with Crippen LogP contribution in [0.4, 0.5) is 0 Å². The minimum atomic E-state index is -0.115. The molecular formula is C14H23BrN4O. The fourth-order valence-electron chi connectivity index (χ4n) is 3.29. The highest BCUT2D eigenvalue weighted by Crippen LogP contribution is 2.28. The molecule has 6 heteroatoms. The Morgan fingerprint density at radius 1 is 1.40 bits per heavy atom. The number of aryl methyl sites for hydroxylation is 1. The number of rotatable bonds is 2. The smallest absolute Gasteiger partial charge is 0.273 e. The van der Waals surface area contributed by atoms with E-state index in [1.165, 1.54) is 0 Å². The Morgan fingerprint density at radius 2 is 1.95 bits per heavy atom. The summed E-state index contributed by atoms with van der Waals surface area (Å²) in [6, 6.07) is 0.155. The second-order valence-corrected chi connectivity index (χ2v) is 7.83. The van der Waals surface area contributed by atoms with E-state index in [0.717, 1.165) is 17.3 Å². The van der Waals surface area contributed by atoms with Crippen LogP contribution in [0, 0.1) is 0 Å². The maximum atomic E-state index is 12.3. The third-order valence-electron chi connectivity index (χ3n) is 3.52. The van der Waals surface area contributed by atoms with Gasteiger partial charge in [0.25, 0.3) is 5.91 Å². The second-order valence-electron chi connectivity index (χ2n) is 6.97. The van der Waals surface area contributed by atoms with Crippen molar-refractivity contribution >= 4 is 21.8 Å². The molecule has 1 aliphatic rings. The van der Waals surface area contributed by atoms with Gasteiger partial charge < -0.3 is 10.6 Å². The second kappa shape index (κ2) is 5.15. The molecule has 20 heavy (non-hydrogen) atoms. The number of hydrogen-bond acceptors (Lipinski definition) is 3. The number of nitrogens with one attached hydrogen (secondary N) is 2. The van der Waals surface area contributed by atoms with Crippen LogP contribution < -0.4 is 10.6 Å². The van der Waals surface area contributed by atoms with Crippen LogP contribution in [0.5, 0.6) is 0 Å². The van der Waals surface area contributed by atoms with Crippen molar-refractivity contribution in [2.45, 2.75) is 57.7 Å². The van der Waals surface area contributed by atoms with Gasteiger partial charge in [-0.1, -0.05) is 0 Å². The average Bonchev–Trinajstić information content (AvgIpc) is 2.52. The molecule has 1 saturated heterocycles. The Bertz CT molecular complexity index is 505. The number of carbonyl (C=O) groups excluding carboxylic acids is 1. The van der Waals surface area contributed by atoms with Crippen LogP contribution in [0.2, 0.25) is 0 Å². The van der Waals surface area contributed by atoms with E-state index in [9.17, 15) is 4.79 Å². The zero-order valence-corrected chi connectivity index (χ0v) is 14.3. The van der Waals surface area contributed by atoms with E-state index in [-0.39, 0.29) is 23.0 Å². The Morgan fingerprint density at radius 3 is 2.40 bits per heavy atom. The molecule has 0 atom stereocenters. The van der Waals surface area contributed by atoms with Crippen LogP contribution in [-0.2, 0) is 7.05 Å². The third kappa shape index (κ3) is 3.61. The standard InChI is InChI=1S/C14H23BrN4O/c1-13(2)6-9(7-14(3,4)18-13)16-12(20)11-10(15)8-19(5)17-11/h8-9,18H,6-7H2,1-5H3,(H,16,20). The fourth-order valence-corrected chi connectivity index (χ4v) is 3.85. The monoisotopic (exact) mass is 342 g/mol. The lowest BCUT2D eigenvalue weighted by Crippen LogP contribution is -2.62. The molecule has 0 unspecified atom stereocenters. The van der Waals surface area contributed by atoms with Crippen molar-refractivity contribution in [2.75, 3.05) is 0 Å². The highest BCUT2D eigenvalue weighted by molar-refractivity contribution is 9.10. The maximum Gasteiger partial charge on any atom is 0.273 e. The van der Waals surface area contributed by atoms with Gasteiger partial charge in [-0.15, -0.1) is 0 Å². The van der Waals surface area contributed by atoms with Crippen molar-refractivity contribution < 1.29 is 4.79 Å². The highest BCUT2D eigenvalue weighted by Gasteiger charge is 2.38.